The second-order valence-corrected chi connectivity index (χ2v) is 4.92. The van der Waals surface area contributed by atoms with E-state index in [9.17, 15) is 25.0 Å². The van der Waals surface area contributed by atoms with E-state index in [0.29, 0.717) is 0 Å². The van der Waals surface area contributed by atoms with E-state index in [1.54, 1.807) is 0 Å². The monoisotopic (exact) mass is 258 g/mol. The van der Waals surface area contributed by atoms with E-state index in [1.807, 2.05) is 0 Å². The Kier molecular flexibility index (Phi) is 2.67. The first-order valence-corrected chi connectivity index (χ1v) is 5.88. The van der Waals surface area contributed by atoms with Crippen LogP contribution in [0.3, 0.4) is 0 Å². The maximum Gasteiger partial charge on any atom is 0.472 e. The van der Waals surface area contributed by atoms with E-state index in [2.05, 4.69) is 4.52 Å². The molecule has 0 aromatic rings. The third-order valence-electron chi connectivity index (χ3n) is 2.73. The summed E-state index contributed by atoms with van der Waals surface area (Å²) >= 11 is 0. The van der Waals surface area contributed by atoms with Gasteiger partial charge in [0.25, 0.3) is 0 Å². The van der Waals surface area contributed by atoms with Gasteiger partial charge in [0.05, 0.1) is 0 Å². The Morgan fingerprint density at radius 2 is 1.62 bits per heavy atom. The van der Waals surface area contributed by atoms with Gasteiger partial charge in [-0.3, -0.25) is 0 Å². The molecule has 2 unspecified atom stereocenters. The number of hydrogen-bond acceptors (Lipinski definition) is 7. The second-order valence-electron chi connectivity index (χ2n) is 3.76. The fraction of sp³-hybridized carbons (Fsp3) is 1.00. The topological polar surface area (TPSA) is 157 Å². The van der Waals surface area contributed by atoms with Gasteiger partial charge >= 0.3 is 7.82 Å². The Morgan fingerprint density at radius 3 is 2.06 bits per heavy atom. The maximum absolute atomic E-state index is 10.6. The van der Waals surface area contributed by atoms with Crippen molar-refractivity contribution in [3.63, 3.8) is 0 Å². The van der Waals surface area contributed by atoms with Gasteiger partial charge in [0.1, 0.15) is 30.5 Å². The van der Waals surface area contributed by atoms with Crippen LogP contribution < -0.4 is 0 Å². The number of aliphatic hydroxyl groups excluding tert-OH is 4. The molecule has 6 atom stereocenters. The molecule has 0 amide bonds. The molecule has 2 saturated heterocycles. The molecule has 2 bridgehead atoms. The van der Waals surface area contributed by atoms with Gasteiger partial charge in [0, 0.05) is 0 Å². The first-order chi connectivity index (χ1) is 7.19. The normalized spacial score (nSPS) is 52.2. The number of fused-ring (bicyclic) bond motifs is 2. The first kappa shape index (κ1) is 12.4. The molecule has 6 N–H and O–H groups in total. The van der Waals surface area contributed by atoms with Crippen molar-refractivity contribution in [2.75, 3.05) is 0 Å². The van der Waals surface area contributed by atoms with Crippen LogP contribution in [0.25, 0.3) is 0 Å². The lowest BCUT2D eigenvalue weighted by Crippen LogP contribution is -2.82. The number of aliphatic hydroxyl groups is 4. The van der Waals surface area contributed by atoms with Gasteiger partial charge in [-0.05, 0) is 0 Å². The highest BCUT2D eigenvalue weighted by molar-refractivity contribution is 7.46. The predicted molar refractivity (Wildman–Crippen MR) is 44.8 cm³/mol. The lowest BCUT2D eigenvalue weighted by Gasteiger charge is -2.59. The summed E-state index contributed by atoms with van der Waals surface area (Å²) < 4.78 is 19.5. The number of phosphoric ester groups is 1. The number of rotatable bonds is 2. The third kappa shape index (κ3) is 1.53. The maximum atomic E-state index is 10.6. The summed E-state index contributed by atoms with van der Waals surface area (Å²) in [5.41, 5.74) is 0. The van der Waals surface area contributed by atoms with Crippen LogP contribution in [-0.4, -0.2) is 66.5 Å². The fourth-order valence-corrected chi connectivity index (χ4v) is 2.57. The SMILES string of the molecule is O=P(O)(O)O[C@@]12OC(C1O)[C@H](O)[C@H](O)[C@@H]2O. The Morgan fingerprint density at radius 1 is 1.06 bits per heavy atom. The summed E-state index contributed by atoms with van der Waals surface area (Å²) in [5, 5.41) is 37.5. The molecule has 2 aliphatic heterocycles. The van der Waals surface area contributed by atoms with E-state index in [4.69, 9.17) is 14.5 Å². The summed E-state index contributed by atoms with van der Waals surface area (Å²) in [6.45, 7) is 0. The van der Waals surface area contributed by atoms with Gasteiger partial charge in [-0.15, -0.1) is 0 Å². The van der Waals surface area contributed by atoms with Crippen molar-refractivity contribution < 1.29 is 44.0 Å². The zero-order valence-corrected chi connectivity index (χ0v) is 8.64. The van der Waals surface area contributed by atoms with Crippen molar-refractivity contribution in [2.24, 2.45) is 0 Å². The van der Waals surface area contributed by atoms with E-state index in [1.165, 1.54) is 0 Å². The van der Waals surface area contributed by atoms with Crippen molar-refractivity contribution in [1.29, 1.82) is 0 Å². The summed E-state index contributed by atoms with van der Waals surface area (Å²) in [4.78, 5) is 17.2. The van der Waals surface area contributed by atoms with Gasteiger partial charge in [0.15, 0.2) is 0 Å². The van der Waals surface area contributed by atoms with Crippen LogP contribution in [-0.2, 0) is 13.8 Å². The minimum atomic E-state index is -5.02. The van der Waals surface area contributed by atoms with Gasteiger partial charge in [-0.25, -0.2) is 9.09 Å². The lowest BCUT2D eigenvalue weighted by molar-refractivity contribution is -0.455. The van der Waals surface area contributed by atoms with Crippen molar-refractivity contribution in [1.82, 2.24) is 0 Å². The van der Waals surface area contributed by atoms with Crippen molar-refractivity contribution in [3.8, 4) is 0 Å². The van der Waals surface area contributed by atoms with Crippen LogP contribution in [0.5, 0.6) is 0 Å². The minimum absolute atomic E-state index is 1.25. The smallest absolute Gasteiger partial charge is 0.387 e. The van der Waals surface area contributed by atoms with Gasteiger partial charge in [0.2, 0.25) is 5.79 Å². The Labute approximate surface area is 89.1 Å². The van der Waals surface area contributed by atoms with Gasteiger partial charge in [-0.1, -0.05) is 0 Å². The number of hydrogen-bond donors (Lipinski definition) is 6. The largest absolute Gasteiger partial charge is 0.472 e. The van der Waals surface area contributed by atoms with Crippen molar-refractivity contribution in [2.45, 2.75) is 36.3 Å². The van der Waals surface area contributed by atoms with Crippen LogP contribution in [0.4, 0.5) is 0 Å². The Bertz CT molecular complexity index is 339. The summed E-state index contributed by atoms with van der Waals surface area (Å²) in [6.07, 6.45) is -8.10. The molecule has 0 aromatic heterocycles. The van der Waals surface area contributed by atoms with Crippen molar-refractivity contribution >= 4 is 7.82 Å². The molecule has 0 aromatic carbocycles. The lowest BCUT2D eigenvalue weighted by atomic mass is 9.76. The molecule has 3 fully saturated rings. The zero-order chi connectivity index (χ0) is 12.3. The summed E-state index contributed by atoms with van der Waals surface area (Å²) in [7, 11) is -5.02. The highest BCUT2D eigenvalue weighted by atomic mass is 31.2. The molecule has 10 heteroatoms. The average molecular weight is 258 g/mol. The third-order valence-corrected chi connectivity index (χ3v) is 3.25. The second kappa shape index (κ2) is 3.45. The Hall–Kier alpha value is -0.0900. The molecule has 0 radical (unpaired) electrons. The Balaban J connectivity index is 2.26. The van der Waals surface area contributed by atoms with Crippen LogP contribution in [0.2, 0.25) is 0 Å². The molecule has 94 valence electrons. The molecule has 16 heavy (non-hydrogen) atoms. The van der Waals surface area contributed by atoms with Crippen molar-refractivity contribution in [3.05, 3.63) is 0 Å². The standard InChI is InChI=1S/C6H11O9P/c7-1-2(8)4(9)6(15-16(11,12)13)5(10)3(1)14-6/h1-5,7-10H,(H2,11,12,13)/t1-,2+,3?,4+,5?,6-/m1/s1. The quantitative estimate of drug-likeness (QED) is 0.278. The first-order valence-electron chi connectivity index (χ1n) is 4.35. The molecule has 3 aliphatic rings. The van der Waals surface area contributed by atoms with E-state index in [0.717, 1.165) is 0 Å². The number of phosphoric acid groups is 1. The molecule has 2 heterocycles. The molecular weight excluding hydrogens is 247 g/mol. The van der Waals surface area contributed by atoms with E-state index in [-0.39, 0.29) is 0 Å². The predicted octanol–water partition coefficient (Wildman–Crippen LogP) is -3.35. The van der Waals surface area contributed by atoms with E-state index >= 15 is 0 Å². The summed E-state index contributed by atoms with van der Waals surface area (Å²) in [5.74, 6) is -2.39. The van der Waals surface area contributed by atoms with Crippen LogP contribution in [0, 0.1) is 0 Å². The van der Waals surface area contributed by atoms with Crippen LogP contribution in [0.1, 0.15) is 0 Å². The van der Waals surface area contributed by atoms with Gasteiger partial charge in [-0.2, -0.15) is 0 Å². The zero-order valence-electron chi connectivity index (χ0n) is 7.74. The van der Waals surface area contributed by atoms with Crippen LogP contribution in [0.15, 0.2) is 0 Å². The average Bonchev–Trinajstić information content (AvgIpc) is 2.16. The molecule has 3 rings (SSSR count). The molecule has 1 aliphatic carbocycles. The molecule has 9 nitrogen and oxygen atoms in total. The minimum Gasteiger partial charge on any atom is -0.387 e. The van der Waals surface area contributed by atoms with Gasteiger partial charge < -0.3 is 34.9 Å². The molecule has 1 saturated carbocycles. The fourth-order valence-electron chi connectivity index (χ4n) is 1.94. The number of ether oxygens (including phenoxy) is 1. The molecule has 0 spiro atoms. The van der Waals surface area contributed by atoms with E-state index < -0.39 is 44.1 Å². The highest BCUT2D eigenvalue weighted by Gasteiger charge is 2.72. The highest BCUT2D eigenvalue weighted by Crippen LogP contribution is 2.54. The molecular formula is C6H11O9P. The van der Waals surface area contributed by atoms with Crippen LogP contribution >= 0.6 is 7.82 Å². The summed E-state index contributed by atoms with van der Waals surface area (Å²) in [6, 6.07) is 0.